The van der Waals surface area contributed by atoms with Crippen LogP contribution in [-0.4, -0.2) is 41.0 Å². The van der Waals surface area contributed by atoms with E-state index in [9.17, 15) is 4.79 Å². The Balaban J connectivity index is 1.58. The lowest BCUT2D eigenvalue weighted by Crippen LogP contribution is -2.28. The molecule has 0 saturated carbocycles. The van der Waals surface area contributed by atoms with Crippen molar-refractivity contribution in [2.24, 2.45) is 0 Å². The van der Waals surface area contributed by atoms with Crippen molar-refractivity contribution in [1.82, 2.24) is 14.9 Å². The van der Waals surface area contributed by atoms with Gasteiger partial charge in [-0.1, -0.05) is 17.7 Å². The topological polar surface area (TPSA) is 55.3 Å². The van der Waals surface area contributed by atoms with Crippen molar-refractivity contribution in [3.63, 3.8) is 0 Å². The molecular formula is C21H22ClN3O2. The summed E-state index contributed by atoms with van der Waals surface area (Å²) in [6, 6.07) is 12.7. The number of rotatable bonds is 6. The summed E-state index contributed by atoms with van der Waals surface area (Å²) in [5.74, 6) is 0.690. The van der Waals surface area contributed by atoms with Gasteiger partial charge in [-0.05, 0) is 56.7 Å². The van der Waals surface area contributed by atoms with E-state index in [2.05, 4.69) is 9.97 Å². The first-order valence-corrected chi connectivity index (χ1v) is 9.20. The second-order valence-electron chi connectivity index (χ2n) is 6.48. The number of hydrogen-bond acceptors (Lipinski definition) is 4. The zero-order valence-corrected chi connectivity index (χ0v) is 16.5. The molecule has 0 aliphatic rings. The van der Waals surface area contributed by atoms with Crippen LogP contribution in [0.15, 0.2) is 42.5 Å². The van der Waals surface area contributed by atoms with Crippen molar-refractivity contribution < 1.29 is 9.53 Å². The number of aromatic nitrogens is 2. The van der Waals surface area contributed by atoms with Gasteiger partial charge in [-0.3, -0.25) is 4.79 Å². The Labute approximate surface area is 164 Å². The molecule has 0 N–H and O–H groups in total. The molecule has 0 bridgehead atoms. The fourth-order valence-electron chi connectivity index (χ4n) is 2.73. The molecule has 0 radical (unpaired) electrons. The number of hydrogen-bond donors (Lipinski definition) is 0. The summed E-state index contributed by atoms with van der Waals surface area (Å²) >= 11 is 5.93. The fraction of sp³-hybridized carbons (Fsp3) is 0.286. The molecule has 1 heterocycles. The molecule has 0 saturated heterocycles. The third-order valence-corrected chi connectivity index (χ3v) is 4.61. The van der Waals surface area contributed by atoms with Gasteiger partial charge >= 0.3 is 0 Å². The molecule has 0 aliphatic heterocycles. The smallest absolute Gasteiger partial charge is 0.253 e. The van der Waals surface area contributed by atoms with Crippen LogP contribution in [0.4, 0.5) is 0 Å². The minimum atomic E-state index is -0.0420. The number of aryl methyl sites for hydroxylation is 2. The zero-order valence-electron chi connectivity index (χ0n) is 15.7. The second kappa shape index (κ2) is 8.35. The van der Waals surface area contributed by atoms with E-state index < -0.39 is 0 Å². The molecule has 0 atom stereocenters. The molecule has 3 aromatic rings. The largest absolute Gasteiger partial charge is 0.493 e. The van der Waals surface area contributed by atoms with Gasteiger partial charge in [-0.25, -0.2) is 9.97 Å². The van der Waals surface area contributed by atoms with Gasteiger partial charge in [-0.15, -0.1) is 0 Å². The van der Waals surface area contributed by atoms with Crippen LogP contribution in [0.3, 0.4) is 0 Å². The average molecular weight is 384 g/mol. The SMILES string of the molecule is Cc1nc2ccc(C(=O)N(C)CCCOc3cccc(Cl)c3)cc2nc1C. The highest BCUT2D eigenvalue weighted by Crippen LogP contribution is 2.18. The first kappa shape index (κ1) is 19.1. The molecule has 0 fully saturated rings. The van der Waals surface area contributed by atoms with Gasteiger partial charge in [0.25, 0.3) is 5.91 Å². The van der Waals surface area contributed by atoms with Crippen LogP contribution in [0, 0.1) is 13.8 Å². The Morgan fingerprint density at radius 1 is 1.07 bits per heavy atom. The minimum absolute atomic E-state index is 0.0420. The van der Waals surface area contributed by atoms with Crippen LogP contribution in [-0.2, 0) is 0 Å². The maximum absolute atomic E-state index is 12.7. The number of benzene rings is 2. The van der Waals surface area contributed by atoms with E-state index in [-0.39, 0.29) is 5.91 Å². The third-order valence-electron chi connectivity index (χ3n) is 4.37. The summed E-state index contributed by atoms with van der Waals surface area (Å²) in [7, 11) is 1.79. The minimum Gasteiger partial charge on any atom is -0.493 e. The van der Waals surface area contributed by atoms with Crippen molar-refractivity contribution in [2.45, 2.75) is 20.3 Å². The van der Waals surface area contributed by atoms with Gasteiger partial charge in [0.15, 0.2) is 0 Å². The molecule has 1 amide bonds. The van der Waals surface area contributed by atoms with Gasteiger partial charge in [-0.2, -0.15) is 0 Å². The number of nitrogens with zero attached hydrogens (tertiary/aromatic N) is 3. The molecule has 0 unspecified atom stereocenters. The van der Waals surface area contributed by atoms with E-state index in [1.54, 1.807) is 36.2 Å². The summed E-state index contributed by atoms with van der Waals surface area (Å²) in [6.07, 6.45) is 0.723. The van der Waals surface area contributed by atoms with Crippen molar-refractivity contribution >= 4 is 28.5 Å². The van der Waals surface area contributed by atoms with Crippen LogP contribution in [0.1, 0.15) is 28.2 Å². The number of carbonyl (C=O) groups excluding carboxylic acids is 1. The number of carbonyl (C=O) groups is 1. The predicted octanol–water partition coefficient (Wildman–Crippen LogP) is 4.44. The van der Waals surface area contributed by atoms with Crippen LogP contribution >= 0.6 is 11.6 Å². The standard InChI is InChI=1S/C21H22ClN3O2/c1-14-15(2)24-20-12-16(8-9-19(20)23-14)21(26)25(3)10-5-11-27-18-7-4-6-17(22)13-18/h4,6-9,12-13H,5,10-11H2,1-3H3. The summed E-state index contributed by atoms with van der Waals surface area (Å²) < 4.78 is 5.66. The molecule has 27 heavy (non-hydrogen) atoms. The lowest BCUT2D eigenvalue weighted by atomic mass is 10.1. The Bertz CT molecular complexity index is 975. The van der Waals surface area contributed by atoms with Gasteiger partial charge in [0, 0.05) is 24.2 Å². The predicted molar refractivity (Wildman–Crippen MR) is 108 cm³/mol. The van der Waals surface area contributed by atoms with E-state index in [0.29, 0.717) is 23.7 Å². The zero-order chi connectivity index (χ0) is 19.4. The van der Waals surface area contributed by atoms with Crippen molar-refractivity contribution in [1.29, 1.82) is 0 Å². The van der Waals surface area contributed by atoms with E-state index in [1.807, 2.05) is 32.0 Å². The molecule has 0 aliphatic carbocycles. The Kier molecular flexibility index (Phi) is 5.91. The Hall–Kier alpha value is -2.66. The van der Waals surface area contributed by atoms with E-state index in [4.69, 9.17) is 16.3 Å². The molecular weight excluding hydrogens is 362 g/mol. The van der Waals surface area contributed by atoms with Gasteiger partial charge < -0.3 is 9.64 Å². The monoisotopic (exact) mass is 383 g/mol. The third kappa shape index (κ3) is 4.74. The number of halogens is 1. The summed E-state index contributed by atoms with van der Waals surface area (Å²) in [6.45, 7) is 4.96. The molecule has 2 aromatic carbocycles. The average Bonchev–Trinajstić information content (AvgIpc) is 2.65. The van der Waals surface area contributed by atoms with Gasteiger partial charge in [0.05, 0.1) is 29.0 Å². The number of ether oxygens (including phenoxy) is 1. The number of fused-ring (bicyclic) bond motifs is 1. The molecule has 5 nitrogen and oxygen atoms in total. The van der Waals surface area contributed by atoms with Crippen LogP contribution in [0.2, 0.25) is 5.02 Å². The first-order valence-electron chi connectivity index (χ1n) is 8.83. The highest BCUT2D eigenvalue weighted by Gasteiger charge is 2.13. The molecule has 6 heteroatoms. The second-order valence-corrected chi connectivity index (χ2v) is 6.92. The van der Waals surface area contributed by atoms with Gasteiger partial charge in [0.1, 0.15) is 5.75 Å². The highest BCUT2D eigenvalue weighted by atomic mass is 35.5. The Morgan fingerprint density at radius 3 is 2.56 bits per heavy atom. The van der Waals surface area contributed by atoms with Crippen molar-refractivity contribution in [3.8, 4) is 5.75 Å². The maximum Gasteiger partial charge on any atom is 0.253 e. The summed E-state index contributed by atoms with van der Waals surface area (Å²) in [4.78, 5) is 23.4. The van der Waals surface area contributed by atoms with Crippen LogP contribution in [0.25, 0.3) is 11.0 Å². The lowest BCUT2D eigenvalue weighted by Gasteiger charge is -2.17. The number of amides is 1. The summed E-state index contributed by atoms with van der Waals surface area (Å²) in [5.41, 5.74) is 3.92. The van der Waals surface area contributed by atoms with Gasteiger partial charge in [0.2, 0.25) is 0 Å². The van der Waals surface area contributed by atoms with Crippen molar-refractivity contribution in [3.05, 3.63) is 64.4 Å². The fourth-order valence-corrected chi connectivity index (χ4v) is 2.91. The highest BCUT2D eigenvalue weighted by molar-refractivity contribution is 6.30. The van der Waals surface area contributed by atoms with E-state index in [0.717, 1.165) is 34.6 Å². The van der Waals surface area contributed by atoms with E-state index >= 15 is 0 Å². The molecule has 3 rings (SSSR count). The molecule has 1 aromatic heterocycles. The van der Waals surface area contributed by atoms with Crippen LogP contribution in [0.5, 0.6) is 5.75 Å². The Morgan fingerprint density at radius 2 is 1.81 bits per heavy atom. The van der Waals surface area contributed by atoms with E-state index in [1.165, 1.54) is 0 Å². The summed E-state index contributed by atoms with van der Waals surface area (Å²) in [5, 5.41) is 0.643. The quantitative estimate of drug-likeness (QED) is 0.590. The maximum atomic E-state index is 12.7. The molecule has 0 spiro atoms. The van der Waals surface area contributed by atoms with Crippen molar-refractivity contribution in [2.75, 3.05) is 20.2 Å². The first-order chi connectivity index (χ1) is 12.9. The molecule has 140 valence electrons. The van der Waals surface area contributed by atoms with Crippen LogP contribution < -0.4 is 4.74 Å². The normalized spacial score (nSPS) is 10.8. The lowest BCUT2D eigenvalue weighted by molar-refractivity contribution is 0.0788.